The number of hydrogen-bond acceptors (Lipinski definition) is 3. The van der Waals surface area contributed by atoms with Crippen molar-refractivity contribution < 1.29 is 14.3 Å². The highest BCUT2D eigenvalue weighted by Crippen LogP contribution is 2.10. The van der Waals surface area contributed by atoms with Crippen LogP contribution in [0.25, 0.3) is 0 Å². The Bertz CT molecular complexity index is 163. The molecule has 1 heterocycles. The maximum Gasteiger partial charge on any atom is 0.341 e. The topological polar surface area (TPSA) is 43.4 Å². The lowest BCUT2D eigenvalue weighted by molar-refractivity contribution is -0.151. The molecule has 1 fully saturated rings. The Hall–Kier alpha value is -1.38. The zero-order valence-corrected chi connectivity index (χ0v) is 5.55. The Morgan fingerprint density at radius 3 is 1.90 bits per heavy atom. The Labute approximate surface area is 59.0 Å². The molecule has 0 bridgehead atoms. The van der Waals surface area contributed by atoms with E-state index in [1.807, 2.05) is 0 Å². The van der Waals surface area contributed by atoms with Crippen LogP contribution in [0.2, 0.25) is 0 Å². The molecule has 0 N–H and O–H groups in total. The third-order valence-electron chi connectivity index (χ3n) is 0.853. The normalized spacial score (nSPS) is 15.8. The van der Waals surface area contributed by atoms with Gasteiger partial charge in [0.25, 0.3) is 0 Å². The smallest absolute Gasteiger partial charge is 0.341 e. The first-order chi connectivity index (χ1) is 4.70. The molecule has 1 saturated heterocycles. The van der Waals surface area contributed by atoms with E-state index in [9.17, 15) is 9.59 Å². The van der Waals surface area contributed by atoms with Gasteiger partial charge >= 0.3 is 11.9 Å². The van der Waals surface area contributed by atoms with Gasteiger partial charge in [0.05, 0.1) is 6.42 Å². The Kier molecular flexibility index (Phi) is 3.11. The van der Waals surface area contributed by atoms with Crippen molar-refractivity contribution >= 4 is 11.9 Å². The monoisotopic (exact) mass is 140 g/mol. The maximum absolute atomic E-state index is 10.2. The largest absolute Gasteiger partial charge is 0.389 e. The van der Waals surface area contributed by atoms with Crippen molar-refractivity contribution in [3.05, 3.63) is 25.3 Å². The summed E-state index contributed by atoms with van der Waals surface area (Å²) in [6.45, 7) is 9.29. The van der Waals surface area contributed by atoms with Crippen molar-refractivity contribution in [2.45, 2.75) is 6.42 Å². The van der Waals surface area contributed by atoms with Crippen molar-refractivity contribution in [1.29, 1.82) is 0 Å². The first-order valence-electron chi connectivity index (χ1n) is 2.63. The van der Waals surface area contributed by atoms with Crippen molar-refractivity contribution in [1.82, 2.24) is 0 Å². The summed E-state index contributed by atoms with van der Waals surface area (Å²) in [6.07, 6.45) is 0.0544. The van der Waals surface area contributed by atoms with Crippen LogP contribution in [0.5, 0.6) is 0 Å². The number of cyclic esters (lactones) is 2. The van der Waals surface area contributed by atoms with Gasteiger partial charge in [-0.05, 0) is 0 Å². The molecule has 3 nitrogen and oxygen atoms in total. The van der Waals surface area contributed by atoms with Crippen LogP contribution in [0.1, 0.15) is 6.42 Å². The molecule has 0 aliphatic carbocycles. The molecule has 54 valence electrons. The lowest BCUT2D eigenvalue weighted by Crippen LogP contribution is -1.95. The van der Waals surface area contributed by atoms with Crippen LogP contribution in [0.4, 0.5) is 0 Å². The molecular weight excluding hydrogens is 132 g/mol. The third kappa shape index (κ3) is 1.85. The summed E-state index contributed by atoms with van der Waals surface area (Å²) in [7, 11) is 0. The van der Waals surface area contributed by atoms with E-state index in [-0.39, 0.29) is 12.0 Å². The van der Waals surface area contributed by atoms with Gasteiger partial charge in [0.1, 0.15) is 0 Å². The predicted octanol–water partition coefficient (Wildman–Crippen LogP) is 0.818. The fourth-order valence-corrected chi connectivity index (χ4v) is 0.458. The average Bonchev–Trinajstić information content (AvgIpc) is 2.16. The van der Waals surface area contributed by atoms with Gasteiger partial charge in [-0.2, -0.15) is 0 Å². The molecule has 0 aromatic heterocycles. The first kappa shape index (κ1) is 8.62. The molecule has 0 saturated carbocycles. The second-order valence-electron chi connectivity index (χ2n) is 1.54. The average molecular weight is 140 g/mol. The molecule has 0 aromatic carbocycles. The second-order valence-corrected chi connectivity index (χ2v) is 1.54. The molecule has 10 heavy (non-hydrogen) atoms. The van der Waals surface area contributed by atoms with Crippen molar-refractivity contribution in [2.75, 3.05) is 0 Å². The van der Waals surface area contributed by atoms with Gasteiger partial charge in [0.15, 0.2) is 0 Å². The van der Waals surface area contributed by atoms with Crippen molar-refractivity contribution in [2.24, 2.45) is 0 Å². The summed E-state index contributed by atoms with van der Waals surface area (Å²) in [4.78, 5) is 20.4. The van der Waals surface area contributed by atoms with E-state index in [1.54, 1.807) is 0 Å². The lowest BCUT2D eigenvalue weighted by Gasteiger charge is -1.80. The van der Waals surface area contributed by atoms with Crippen LogP contribution in [0, 0.1) is 0 Å². The zero-order chi connectivity index (χ0) is 8.15. The summed E-state index contributed by atoms with van der Waals surface area (Å²) >= 11 is 0. The SMILES string of the molecule is C=C.C=C1CC(=O)OC1=O. The molecule has 0 radical (unpaired) electrons. The van der Waals surface area contributed by atoms with Crippen LogP contribution in [-0.4, -0.2) is 11.9 Å². The van der Waals surface area contributed by atoms with Gasteiger partial charge < -0.3 is 4.74 Å². The summed E-state index contributed by atoms with van der Waals surface area (Å²) in [5.74, 6) is -1.09. The van der Waals surface area contributed by atoms with E-state index in [1.165, 1.54) is 0 Å². The summed E-state index contributed by atoms with van der Waals surface area (Å²) in [5.41, 5.74) is 0.245. The molecule has 1 aliphatic rings. The minimum Gasteiger partial charge on any atom is -0.389 e. The summed E-state index contributed by atoms with van der Waals surface area (Å²) in [5, 5.41) is 0. The summed E-state index contributed by atoms with van der Waals surface area (Å²) in [6, 6.07) is 0. The van der Waals surface area contributed by atoms with E-state index in [0.717, 1.165) is 0 Å². The fourth-order valence-electron chi connectivity index (χ4n) is 0.458. The van der Waals surface area contributed by atoms with Gasteiger partial charge in [-0.15, -0.1) is 13.2 Å². The van der Waals surface area contributed by atoms with Gasteiger partial charge in [-0.3, -0.25) is 4.79 Å². The summed E-state index contributed by atoms with van der Waals surface area (Å²) < 4.78 is 4.10. The zero-order valence-electron chi connectivity index (χ0n) is 5.55. The van der Waals surface area contributed by atoms with E-state index in [4.69, 9.17) is 0 Å². The molecule has 0 unspecified atom stereocenters. The fraction of sp³-hybridized carbons (Fsp3) is 0.143. The number of rotatable bonds is 0. The van der Waals surface area contributed by atoms with E-state index in [0.29, 0.717) is 0 Å². The van der Waals surface area contributed by atoms with Crippen LogP contribution < -0.4 is 0 Å². The highest BCUT2D eigenvalue weighted by molar-refractivity contribution is 6.05. The van der Waals surface area contributed by atoms with E-state index >= 15 is 0 Å². The second kappa shape index (κ2) is 3.61. The van der Waals surface area contributed by atoms with E-state index in [2.05, 4.69) is 24.5 Å². The number of esters is 2. The number of carbonyl (C=O) groups excluding carboxylic acids is 2. The Balaban J connectivity index is 0.000000371. The third-order valence-corrected chi connectivity index (χ3v) is 0.853. The van der Waals surface area contributed by atoms with Gasteiger partial charge in [0, 0.05) is 5.57 Å². The molecule has 0 amide bonds. The van der Waals surface area contributed by atoms with Gasteiger partial charge in [0.2, 0.25) is 0 Å². The molecule has 0 atom stereocenters. The van der Waals surface area contributed by atoms with Crippen molar-refractivity contribution in [3.63, 3.8) is 0 Å². The standard InChI is InChI=1S/C5H4O3.C2H4/c1-3-2-4(6)8-5(3)7;1-2/h1-2H2;1-2H2. The molecule has 0 aromatic rings. The molecule has 1 rings (SSSR count). The van der Waals surface area contributed by atoms with Crippen LogP contribution in [-0.2, 0) is 14.3 Å². The first-order valence-corrected chi connectivity index (χ1v) is 2.63. The van der Waals surface area contributed by atoms with Crippen LogP contribution in [0.3, 0.4) is 0 Å². The molecular formula is C7H8O3. The predicted molar refractivity (Wildman–Crippen MR) is 36.1 cm³/mol. The lowest BCUT2D eigenvalue weighted by atomic mass is 10.3. The van der Waals surface area contributed by atoms with Gasteiger partial charge in [-0.1, -0.05) is 6.58 Å². The molecule has 1 aliphatic heterocycles. The quantitative estimate of drug-likeness (QED) is 0.216. The Morgan fingerprint density at radius 2 is 1.80 bits per heavy atom. The highest BCUT2D eigenvalue weighted by atomic mass is 16.6. The minimum absolute atomic E-state index is 0.0544. The molecule has 0 spiro atoms. The number of hydrogen-bond donors (Lipinski definition) is 0. The highest BCUT2D eigenvalue weighted by Gasteiger charge is 2.24. The van der Waals surface area contributed by atoms with Crippen LogP contribution >= 0.6 is 0 Å². The minimum atomic E-state index is -0.588. The van der Waals surface area contributed by atoms with E-state index < -0.39 is 11.9 Å². The molecule has 3 heteroatoms. The van der Waals surface area contributed by atoms with Crippen LogP contribution in [0.15, 0.2) is 25.3 Å². The number of ether oxygens (including phenoxy) is 1. The number of carbonyl (C=O) groups is 2. The Morgan fingerprint density at radius 1 is 1.30 bits per heavy atom. The maximum atomic E-state index is 10.2. The van der Waals surface area contributed by atoms with Crippen molar-refractivity contribution in [3.8, 4) is 0 Å². The van der Waals surface area contributed by atoms with Gasteiger partial charge in [-0.25, -0.2) is 4.79 Å².